The number of carbonyl (C=O) groups excluding carboxylic acids is 1. The number of rotatable bonds is 5. The number of aryl methyl sites for hydroxylation is 1. The van der Waals surface area contributed by atoms with Crippen molar-refractivity contribution in [3.05, 3.63) is 51.9 Å². The number of thioether (sulfide) groups is 1. The molecule has 6 heteroatoms. The van der Waals surface area contributed by atoms with Crippen molar-refractivity contribution in [3.63, 3.8) is 0 Å². The second-order valence-corrected chi connectivity index (χ2v) is 5.87. The molecule has 1 atom stereocenters. The van der Waals surface area contributed by atoms with E-state index in [0.29, 0.717) is 22.2 Å². The Balaban J connectivity index is 2.13. The fraction of sp³-hybridized carbons (Fsp3) is 0.267. The Morgan fingerprint density at radius 2 is 2.00 bits per heavy atom. The largest absolute Gasteiger partial charge is 0.497 e. The van der Waals surface area contributed by atoms with Gasteiger partial charge < -0.3 is 9.72 Å². The Morgan fingerprint density at radius 3 is 2.57 bits per heavy atom. The van der Waals surface area contributed by atoms with E-state index in [1.165, 1.54) is 17.8 Å². The van der Waals surface area contributed by atoms with Crippen LogP contribution in [0.3, 0.4) is 0 Å². The first-order valence-corrected chi connectivity index (χ1v) is 7.30. The van der Waals surface area contributed by atoms with Crippen molar-refractivity contribution >= 4 is 17.5 Å². The minimum absolute atomic E-state index is 0.0215. The third-order valence-electron chi connectivity index (χ3n) is 2.88. The number of nitrogens with one attached hydrogen (secondary N) is 1. The van der Waals surface area contributed by atoms with Gasteiger partial charge in [0.15, 0.2) is 10.9 Å². The minimum Gasteiger partial charge on any atom is -0.497 e. The van der Waals surface area contributed by atoms with E-state index in [0.717, 1.165) is 0 Å². The lowest BCUT2D eigenvalue weighted by molar-refractivity contribution is 0.0994. The number of Topliss-reactive ketones (excluding diaryl/α,β-unsaturated/α-hetero) is 1. The van der Waals surface area contributed by atoms with Crippen LogP contribution in [0.25, 0.3) is 0 Å². The van der Waals surface area contributed by atoms with Crippen LogP contribution < -0.4 is 10.3 Å². The van der Waals surface area contributed by atoms with Gasteiger partial charge >= 0.3 is 0 Å². The summed E-state index contributed by atoms with van der Waals surface area (Å²) in [4.78, 5) is 30.6. The molecule has 1 aromatic carbocycles. The number of benzene rings is 1. The number of aromatic amines is 1. The Kier molecular flexibility index (Phi) is 4.80. The molecule has 0 aliphatic heterocycles. The monoisotopic (exact) mass is 304 g/mol. The molecule has 110 valence electrons. The first-order valence-electron chi connectivity index (χ1n) is 6.42. The highest BCUT2D eigenvalue weighted by Crippen LogP contribution is 2.22. The fourth-order valence-corrected chi connectivity index (χ4v) is 2.75. The Morgan fingerprint density at radius 1 is 1.33 bits per heavy atom. The highest BCUT2D eigenvalue weighted by molar-refractivity contribution is 8.00. The fourth-order valence-electron chi connectivity index (χ4n) is 1.82. The van der Waals surface area contributed by atoms with Crippen LogP contribution in [0.5, 0.6) is 5.75 Å². The van der Waals surface area contributed by atoms with E-state index >= 15 is 0 Å². The Bertz CT molecular complexity index is 695. The van der Waals surface area contributed by atoms with Crippen molar-refractivity contribution in [1.82, 2.24) is 9.97 Å². The summed E-state index contributed by atoms with van der Waals surface area (Å²) in [6.45, 7) is 3.54. The predicted molar refractivity (Wildman–Crippen MR) is 82.2 cm³/mol. The number of hydrogen-bond donors (Lipinski definition) is 1. The molecule has 1 aromatic heterocycles. The summed E-state index contributed by atoms with van der Waals surface area (Å²) in [7, 11) is 1.58. The van der Waals surface area contributed by atoms with Crippen molar-refractivity contribution in [2.45, 2.75) is 24.3 Å². The number of ether oxygens (including phenoxy) is 1. The Labute approximate surface area is 126 Å². The first-order chi connectivity index (χ1) is 9.99. The van der Waals surface area contributed by atoms with Gasteiger partial charge in [0.1, 0.15) is 5.75 Å². The molecular formula is C15H16N2O3S. The molecule has 1 heterocycles. The molecule has 0 aliphatic carbocycles. The summed E-state index contributed by atoms with van der Waals surface area (Å²) in [5.74, 6) is 0.684. The van der Waals surface area contributed by atoms with E-state index in [9.17, 15) is 9.59 Å². The lowest BCUT2D eigenvalue weighted by atomic mass is 10.1. The molecule has 0 saturated carbocycles. The van der Waals surface area contributed by atoms with Crippen molar-refractivity contribution in [2.24, 2.45) is 0 Å². The lowest BCUT2D eigenvalue weighted by Gasteiger charge is -2.10. The van der Waals surface area contributed by atoms with Crippen LogP contribution in [0.15, 0.2) is 40.3 Å². The number of carbonyl (C=O) groups is 1. The van der Waals surface area contributed by atoms with Crippen LogP contribution in [-0.4, -0.2) is 28.1 Å². The molecule has 5 nitrogen and oxygen atoms in total. The molecule has 2 rings (SSSR count). The normalized spacial score (nSPS) is 12.0. The standard InChI is InChI=1S/C15H16N2O3S/c1-9-8-13(18)17-15(16-9)21-10(2)14(19)11-4-6-12(20-3)7-5-11/h4-8,10H,1-3H3,(H,16,17,18)/t10-/m1/s1. The van der Waals surface area contributed by atoms with E-state index in [2.05, 4.69) is 9.97 Å². The quantitative estimate of drug-likeness (QED) is 0.522. The van der Waals surface area contributed by atoms with Crippen LogP contribution >= 0.6 is 11.8 Å². The topological polar surface area (TPSA) is 72.0 Å². The van der Waals surface area contributed by atoms with Gasteiger partial charge in [0.2, 0.25) is 0 Å². The van der Waals surface area contributed by atoms with Gasteiger partial charge in [0.05, 0.1) is 12.4 Å². The average molecular weight is 304 g/mol. The maximum atomic E-state index is 12.3. The maximum absolute atomic E-state index is 12.3. The van der Waals surface area contributed by atoms with Gasteiger partial charge in [0.25, 0.3) is 5.56 Å². The molecule has 0 spiro atoms. The first kappa shape index (κ1) is 15.3. The number of methoxy groups -OCH3 is 1. The molecule has 0 saturated heterocycles. The number of ketones is 1. The molecule has 0 aliphatic rings. The second kappa shape index (κ2) is 6.58. The van der Waals surface area contributed by atoms with Crippen LogP contribution in [0.1, 0.15) is 23.0 Å². The van der Waals surface area contributed by atoms with Crippen molar-refractivity contribution in [2.75, 3.05) is 7.11 Å². The van der Waals surface area contributed by atoms with Crippen LogP contribution in [-0.2, 0) is 0 Å². The number of H-pyrrole nitrogens is 1. The summed E-state index contributed by atoms with van der Waals surface area (Å²) >= 11 is 1.24. The van der Waals surface area contributed by atoms with E-state index in [-0.39, 0.29) is 16.6 Å². The molecule has 0 fully saturated rings. The molecule has 0 unspecified atom stereocenters. The van der Waals surface area contributed by atoms with Gasteiger partial charge in [0, 0.05) is 17.3 Å². The summed E-state index contributed by atoms with van der Waals surface area (Å²) in [5.41, 5.74) is 1.02. The molecule has 0 radical (unpaired) electrons. The van der Waals surface area contributed by atoms with Crippen molar-refractivity contribution in [3.8, 4) is 5.75 Å². The van der Waals surface area contributed by atoms with Gasteiger partial charge in [-0.25, -0.2) is 4.98 Å². The maximum Gasteiger partial charge on any atom is 0.251 e. The van der Waals surface area contributed by atoms with Gasteiger partial charge in [-0.3, -0.25) is 9.59 Å². The van der Waals surface area contributed by atoms with Crippen molar-refractivity contribution < 1.29 is 9.53 Å². The third kappa shape index (κ3) is 3.95. The predicted octanol–water partition coefficient (Wildman–Crippen LogP) is 2.45. The van der Waals surface area contributed by atoms with Gasteiger partial charge in [-0.15, -0.1) is 0 Å². The average Bonchev–Trinajstić information content (AvgIpc) is 2.45. The molecule has 0 bridgehead atoms. The molecule has 2 aromatic rings. The van der Waals surface area contributed by atoms with Gasteiger partial charge in [-0.2, -0.15) is 0 Å². The molecule has 1 N–H and O–H groups in total. The lowest BCUT2D eigenvalue weighted by Crippen LogP contribution is -2.16. The van der Waals surface area contributed by atoms with Crippen LogP contribution in [0.2, 0.25) is 0 Å². The minimum atomic E-state index is -0.344. The van der Waals surface area contributed by atoms with E-state index < -0.39 is 0 Å². The van der Waals surface area contributed by atoms with Gasteiger partial charge in [-0.1, -0.05) is 11.8 Å². The summed E-state index contributed by atoms with van der Waals surface area (Å²) in [5, 5.41) is 0.109. The number of aromatic nitrogens is 2. The second-order valence-electron chi connectivity index (χ2n) is 4.54. The smallest absolute Gasteiger partial charge is 0.251 e. The van der Waals surface area contributed by atoms with E-state index in [4.69, 9.17) is 4.74 Å². The zero-order chi connectivity index (χ0) is 15.4. The van der Waals surface area contributed by atoms with Gasteiger partial charge in [-0.05, 0) is 38.1 Å². The number of hydrogen-bond acceptors (Lipinski definition) is 5. The van der Waals surface area contributed by atoms with Crippen LogP contribution in [0, 0.1) is 6.92 Å². The van der Waals surface area contributed by atoms with Crippen molar-refractivity contribution in [1.29, 1.82) is 0 Å². The highest BCUT2D eigenvalue weighted by Gasteiger charge is 2.17. The zero-order valence-electron chi connectivity index (χ0n) is 12.0. The summed E-state index contributed by atoms with van der Waals surface area (Å²) < 4.78 is 5.07. The van der Waals surface area contributed by atoms with E-state index in [1.807, 2.05) is 0 Å². The third-order valence-corrected chi connectivity index (χ3v) is 3.86. The van der Waals surface area contributed by atoms with Crippen LogP contribution in [0.4, 0.5) is 0 Å². The Hall–Kier alpha value is -2.08. The highest BCUT2D eigenvalue weighted by atomic mass is 32.2. The number of nitrogens with zero attached hydrogens (tertiary/aromatic N) is 1. The molecular weight excluding hydrogens is 288 g/mol. The zero-order valence-corrected chi connectivity index (χ0v) is 12.9. The summed E-state index contributed by atoms with van der Waals surface area (Å²) in [6, 6.07) is 8.37. The SMILES string of the molecule is COc1ccc(C(=O)[C@@H](C)Sc2nc(C)cc(=O)[nH]2)cc1. The molecule has 21 heavy (non-hydrogen) atoms. The summed E-state index contributed by atoms with van der Waals surface area (Å²) in [6.07, 6.45) is 0. The molecule has 0 amide bonds. The van der Waals surface area contributed by atoms with E-state index in [1.54, 1.807) is 45.2 Å².